The van der Waals surface area contributed by atoms with Gasteiger partial charge in [0.15, 0.2) is 11.0 Å². The van der Waals surface area contributed by atoms with Gasteiger partial charge in [-0.15, -0.1) is 10.2 Å². The van der Waals surface area contributed by atoms with Crippen molar-refractivity contribution in [3.63, 3.8) is 0 Å². The second kappa shape index (κ2) is 9.26. The number of hydrogen-bond donors (Lipinski definition) is 0. The molecule has 1 aromatic heterocycles. The molecule has 0 bridgehead atoms. The molecule has 0 aliphatic carbocycles. The molecule has 0 N–H and O–H groups in total. The van der Waals surface area contributed by atoms with Crippen molar-refractivity contribution in [2.75, 3.05) is 12.8 Å². The molecular weight excluding hydrogens is 392 g/mol. The van der Waals surface area contributed by atoms with E-state index in [0.29, 0.717) is 17.3 Å². The molecule has 0 saturated heterocycles. The molecule has 0 atom stereocenters. The molecule has 0 aliphatic heterocycles. The predicted molar refractivity (Wildman–Crippen MR) is 115 cm³/mol. The van der Waals surface area contributed by atoms with E-state index in [1.807, 2.05) is 41.0 Å². The van der Waals surface area contributed by atoms with Crippen LogP contribution in [0.2, 0.25) is 5.02 Å². The van der Waals surface area contributed by atoms with E-state index in [2.05, 4.69) is 36.2 Å². The van der Waals surface area contributed by atoms with E-state index in [1.54, 1.807) is 11.9 Å². The van der Waals surface area contributed by atoms with Crippen LogP contribution in [-0.4, -0.2) is 38.4 Å². The molecule has 1 amide bonds. The number of amides is 1. The highest BCUT2D eigenvalue weighted by atomic mass is 35.5. The molecule has 1 heterocycles. The van der Waals surface area contributed by atoms with Crippen LogP contribution in [0, 0.1) is 6.92 Å². The van der Waals surface area contributed by atoms with Gasteiger partial charge in [-0.25, -0.2) is 0 Å². The minimum absolute atomic E-state index is 0.0442. The molecule has 0 fully saturated rings. The lowest BCUT2D eigenvalue weighted by atomic mass is 10.1. The second-order valence-electron chi connectivity index (χ2n) is 6.58. The van der Waals surface area contributed by atoms with Crippen molar-refractivity contribution in [3.8, 4) is 11.4 Å². The minimum Gasteiger partial charge on any atom is -0.341 e. The van der Waals surface area contributed by atoms with Gasteiger partial charge in [0.25, 0.3) is 0 Å². The number of halogens is 1. The van der Waals surface area contributed by atoms with Crippen LogP contribution in [0.5, 0.6) is 0 Å². The van der Waals surface area contributed by atoms with Gasteiger partial charge in [-0.3, -0.25) is 4.79 Å². The maximum atomic E-state index is 12.5. The first-order chi connectivity index (χ1) is 13.5. The minimum atomic E-state index is 0.0442. The maximum absolute atomic E-state index is 12.5. The number of rotatable bonds is 7. The molecule has 2 aromatic carbocycles. The first kappa shape index (κ1) is 20.4. The van der Waals surface area contributed by atoms with Gasteiger partial charge >= 0.3 is 0 Å². The number of aryl methyl sites for hydroxylation is 1. The Kier molecular flexibility index (Phi) is 6.75. The van der Waals surface area contributed by atoms with Crippen LogP contribution >= 0.6 is 23.4 Å². The van der Waals surface area contributed by atoms with Crippen LogP contribution in [-0.2, 0) is 17.9 Å². The normalized spacial score (nSPS) is 10.9. The number of carbonyl (C=O) groups is 1. The molecule has 0 saturated carbocycles. The Bertz CT molecular complexity index is 955. The van der Waals surface area contributed by atoms with Crippen LogP contribution in [0.1, 0.15) is 18.1 Å². The van der Waals surface area contributed by atoms with Crippen LogP contribution in [0.4, 0.5) is 0 Å². The molecule has 0 aliphatic rings. The summed E-state index contributed by atoms with van der Waals surface area (Å²) < 4.78 is 2.05. The third-order valence-electron chi connectivity index (χ3n) is 4.39. The van der Waals surface area contributed by atoms with Crippen molar-refractivity contribution in [2.24, 2.45) is 0 Å². The summed E-state index contributed by atoms with van der Waals surface area (Å²) in [5.41, 5.74) is 3.26. The number of thioether (sulfide) groups is 1. The van der Waals surface area contributed by atoms with E-state index < -0.39 is 0 Å². The first-order valence-electron chi connectivity index (χ1n) is 9.09. The predicted octanol–water partition coefficient (Wildman–Crippen LogP) is 4.68. The van der Waals surface area contributed by atoms with E-state index in [-0.39, 0.29) is 5.91 Å². The maximum Gasteiger partial charge on any atom is 0.233 e. The summed E-state index contributed by atoms with van der Waals surface area (Å²) in [4.78, 5) is 14.2. The van der Waals surface area contributed by atoms with Gasteiger partial charge in [-0.2, -0.15) is 0 Å². The van der Waals surface area contributed by atoms with Crippen molar-refractivity contribution in [2.45, 2.75) is 32.1 Å². The monoisotopic (exact) mass is 414 g/mol. The highest BCUT2D eigenvalue weighted by molar-refractivity contribution is 7.99. The molecule has 28 heavy (non-hydrogen) atoms. The Morgan fingerprint density at radius 3 is 2.61 bits per heavy atom. The lowest BCUT2D eigenvalue weighted by molar-refractivity contribution is -0.127. The van der Waals surface area contributed by atoms with Gasteiger partial charge < -0.3 is 9.47 Å². The van der Waals surface area contributed by atoms with E-state index in [4.69, 9.17) is 11.6 Å². The van der Waals surface area contributed by atoms with Crippen LogP contribution < -0.4 is 0 Å². The summed E-state index contributed by atoms with van der Waals surface area (Å²) in [6.45, 7) is 5.40. The average Bonchev–Trinajstić information content (AvgIpc) is 3.10. The number of nitrogens with zero attached hydrogens (tertiary/aromatic N) is 4. The Hall–Kier alpha value is -2.31. The zero-order valence-corrected chi connectivity index (χ0v) is 17.8. The largest absolute Gasteiger partial charge is 0.341 e. The van der Waals surface area contributed by atoms with Crippen molar-refractivity contribution >= 4 is 29.3 Å². The topological polar surface area (TPSA) is 51.0 Å². The molecule has 146 valence electrons. The van der Waals surface area contributed by atoms with Gasteiger partial charge in [0.1, 0.15) is 0 Å². The van der Waals surface area contributed by atoms with Gasteiger partial charge in [0.05, 0.1) is 5.75 Å². The van der Waals surface area contributed by atoms with Crippen LogP contribution in [0.15, 0.2) is 53.7 Å². The van der Waals surface area contributed by atoms with Crippen molar-refractivity contribution in [1.29, 1.82) is 0 Å². The number of hydrogen-bond acceptors (Lipinski definition) is 4. The Morgan fingerprint density at radius 2 is 1.93 bits per heavy atom. The van der Waals surface area contributed by atoms with Crippen LogP contribution in [0.25, 0.3) is 11.4 Å². The lowest BCUT2D eigenvalue weighted by Gasteiger charge is -2.17. The molecule has 0 unspecified atom stereocenters. The number of benzene rings is 2. The van der Waals surface area contributed by atoms with E-state index in [0.717, 1.165) is 28.7 Å². The van der Waals surface area contributed by atoms with Crippen molar-refractivity contribution in [3.05, 3.63) is 64.7 Å². The third kappa shape index (κ3) is 4.94. The number of aromatic nitrogens is 3. The summed E-state index contributed by atoms with van der Waals surface area (Å²) in [5.74, 6) is 1.19. The zero-order valence-electron chi connectivity index (χ0n) is 16.2. The molecule has 0 radical (unpaired) electrons. The van der Waals surface area contributed by atoms with Gasteiger partial charge in [-0.1, -0.05) is 59.3 Å². The summed E-state index contributed by atoms with van der Waals surface area (Å²) in [6, 6.07) is 15.7. The Balaban J connectivity index is 1.65. The van der Waals surface area contributed by atoms with Crippen LogP contribution in [0.3, 0.4) is 0 Å². The summed E-state index contributed by atoms with van der Waals surface area (Å²) in [6.07, 6.45) is 0. The molecule has 5 nitrogen and oxygen atoms in total. The second-order valence-corrected chi connectivity index (χ2v) is 7.96. The molecular formula is C21H23ClN4OS. The quantitative estimate of drug-likeness (QED) is 0.527. The summed E-state index contributed by atoms with van der Waals surface area (Å²) in [5, 5.41) is 10.1. The molecule has 0 spiro atoms. The van der Waals surface area contributed by atoms with E-state index in [1.165, 1.54) is 17.3 Å². The van der Waals surface area contributed by atoms with Crippen molar-refractivity contribution in [1.82, 2.24) is 19.7 Å². The third-order valence-corrected chi connectivity index (χ3v) is 5.60. The standard InChI is InChI=1S/C21H23ClN4OS/c1-4-26-20(17-7-5-6-15(2)12-17)23-24-21(26)28-14-19(27)25(3)13-16-8-10-18(22)11-9-16/h5-12H,4,13-14H2,1-3H3. The molecule has 3 rings (SSSR count). The van der Waals surface area contributed by atoms with Gasteiger partial charge in [0.2, 0.25) is 5.91 Å². The molecule has 3 aromatic rings. The highest BCUT2D eigenvalue weighted by Gasteiger charge is 2.16. The zero-order chi connectivity index (χ0) is 20.1. The first-order valence-corrected chi connectivity index (χ1v) is 10.5. The van der Waals surface area contributed by atoms with E-state index in [9.17, 15) is 4.79 Å². The summed E-state index contributed by atoms with van der Waals surface area (Å²) >= 11 is 7.33. The highest BCUT2D eigenvalue weighted by Crippen LogP contribution is 2.25. The lowest BCUT2D eigenvalue weighted by Crippen LogP contribution is -2.27. The average molecular weight is 415 g/mol. The fourth-order valence-electron chi connectivity index (χ4n) is 2.87. The fraction of sp³-hybridized carbons (Fsp3) is 0.286. The number of carbonyl (C=O) groups excluding carboxylic acids is 1. The Labute approximate surface area is 174 Å². The van der Waals surface area contributed by atoms with Gasteiger partial charge in [-0.05, 0) is 37.6 Å². The van der Waals surface area contributed by atoms with Crippen molar-refractivity contribution < 1.29 is 4.79 Å². The smallest absolute Gasteiger partial charge is 0.233 e. The van der Waals surface area contributed by atoms with Gasteiger partial charge in [0, 0.05) is 30.7 Å². The fourth-order valence-corrected chi connectivity index (χ4v) is 3.94. The molecule has 7 heteroatoms. The summed E-state index contributed by atoms with van der Waals surface area (Å²) in [7, 11) is 1.81. The van der Waals surface area contributed by atoms with E-state index >= 15 is 0 Å². The SMILES string of the molecule is CCn1c(SCC(=O)N(C)Cc2ccc(Cl)cc2)nnc1-c1cccc(C)c1. The Morgan fingerprint density at radius 1 is 1.18 bits per heavy atom.